The number of hydrogen-bond donors (Lipinski definition) is 0. The quantitative estimate of drug-likeness (QED) is 0.374. The highest BCUT2D eigenvalue weighted by Crippen LogP contribution is 2.50. The van der Waals surface area contributed by atoms with Gasteiger partial charge in [0, 0.05) is 6.16 Å². The zero-order chi connectivity index (χ0) is 12.4. The highest BCUT2D eigenvalue weighted by Gasteiger charge is 2.24. The summed E-state index contributed by atoms with van der Waals surface area (Å²) in [7, 11) is -3.43. The number of isocyanates is 2. The molecule has 1 atom stereocenters. The molecule has 0 N–H and O–H groups in total. The molecule has 0 saturated carbocycles. The third kappa shape index (κ3) is 5.77. The Morgan fingerprint density at radius 1 is 1.19 bits per heavy atom. The van der Waals surface area contributed by atoms with Crippen molar-refractivity contribution >= 4 is 19.6 Å². The zero-order valence-corrected chi connectivity index (χ0v) is 10.6. The molecule has 0 aromatic rings. The van der Waals surface area contributed by atoms with E-state index in [1.165, 1.54) is 12.2 Å². The number of hydrogen-bond acceptors (Lipinski definition) is 3. The summed E-state index contributed by atoms with van der Waals surface area (Å²) in [5, 5.41) is 0. The van der Waals surface area contributed by atoms with Gasteiger partial charge in [0.05, 0.1) is 0 Å². The van der Waals surface area contributed by atoms with Crippen molar-refractivity contribution in [2.45, 2.75) is 39.5 Å². The number of unbranched alkanes of at least 4 members (excludes halogenated alkanes) is 1. The number of nitrogens with zero attached hydrogens (tertiary/aromatic N) is 2. The van der Waals surface area contributed by atoms with Crippen LogP contribution < -0.4 is 0 Å². The lowest BCUT2D eigenvalue weighted by atomic mass is 10.0. The normalized spacial score (nSPS) is 15.4. The van der Waals surface area contributed by atoms with Gasteiger partial charge in [-0.15, -0.1) is 9.53 Å². The van der Waals surface area contributed by atoms with Crippen LogP contribution in [0, 0.1) is 5.92 Å². The van der Waals surface area contributed by atoms with Crippen molar-refractivity contribution in [2.24, 2.45) is 15.4 Å². The molecule has 0 aromatic carbocycles. The van der Waals surface area contributed by atoms with E-state index in [4.69, 9.17) is 0 Å². The van der Waals surface area contributed by atoms with Gasteiger partial charge in [0.1, 0.15) is 0 Å². The fourth-order valence-corrected chi connectivity index (χ4v) is 3.06. The Morgan fingerprint density at radius 3 is 2.12 bits per heavy atom. The Morgan fingerprint density at radius 2 is 1.75 bits per heavy atom. The van der Waals surface area contributed by atoms with E-state index >= 15 is 0 Å². The van der Waals surface area contributed by atoms with Crippen molar-refractivity contribution in [3.05, 3.63) is 0 Å². The molecule has 5 nitrogen and oxygen atoms in total. The van der Waals surface area contributed by atoms with Crippen LogP contribution in [-0.4, -0.2) is 18.3 Å². The molecule has 0 spiro atoms. The molecule has 0 rings (SSSR count). The fraction of sp³-hybridized carbons (Fsp3) is 0.800. The van der Waals surface area contributed by atoms with Gasteiger partial charge in [0.2, 0.25) is 12.2 Å². The van der Waals surface area contributed by atoms with Crippen LogP contribution in [0.3, 0.4) is 0 Å². The summed E-state index contributed by atoms with van der Waals surface area (Å²) >= 11 is 0. The highest BCUT2D eigenvalue weighted by atomic mass is 31.2. The van der Waals surface area contributed by atoms with E-state index in [0.29, 0.717) is 0 Å². The first kappa shape index (κ1) is 15.0. The molecule has 90 valence electrons. The molecule has 0 aliphatic rings. The predicted octanol–water partition coefficient (Wildman–Crippen LogP) is 3.07. The zero-order valence-electron chi connectivity index (χ0n) is 9.68. The van der Waals surface area contributed by atoms with E-state index in [1.54, 1.807) is 0 Å². The van der Waals surface area contributed by atoms with Gasteiger partial charge in [-0.2, -0.15) is 0 Å². The maximum absolute atomic E-state index is 11.9. The second-order valence-electron chi connectivity index (χ2n) is 3.65. The molecule has 6 heteroatoms. The van der Waals surface area contributed by atoms with Crippen molar-refractivity contribution in [3.8, 4) is 0 Å². The van der Waals surface area contributed by atoms with E-state index in [1.807, 2.05) is 6.92 Å². The van der Waals surface area contributed by atoms with Crippen LogP contribution in [0.25, 0.3) is 0 Å². The first-order valence-corrected chi connectivity index (χ1v) is 7.19. The fourth-order valence-electron chi connectivity index (χ4n) is 1.49. The Bertz CT molecular complexity index is 322. The average molecular weight is 244 g/mol. The summed E-state index contributed by atoms with van der Waals surface area (Å²) in [6, 6.07) is 0. The molecule has 0 aromatic heterocycles. The minimum atomic E-state index is -3.43. The molecule has 0 aliphatic carbocycles. The van der Waals surface area contributed by atoms with E-state index in [2.05, 4.69) is 16.4 Å². The van der Waals surface area contributed by atoms with Crippen molar-refractivity contribution in [1.29, 1.82) is 0 Å². The highest BCUT2D eigenvalue weighted by molar-refractivity contribution is 7.61. The van der Waals surface area contributed by atoms with E-state index in [0.717, 1.165) is 25.7 Å². The molecular weight excluding hydrogens is 227 g/mol. The van der Waals surface area contributed by atoms with Crippen LogP contribution in [0.15, 0.2) is 9.53 Å². The average Bonchev–Trinajstić information content (AvgIpc) is 2.25. The van der Waals surface area contributed by atoms with Crippen molar-refractivity contribution in [1.82, 2.24) is 0 Å². The predicted molar refractivity (Wildman–Crippen MR) is 62.0 cm³/mol. The van der Waals surface area contributed by atoms with Crippen LogP contribution >= 0.6 is 7.44 Å². The Labute approximate surface area is 95.5 Å². The van der Waals surface area contributed by atoms with E-state index in [9.17, 15) is 14.2 Å². The SMILES string of the molecule is CCCCC(CC)CP(=O)(N=C=O)N=C=O. The van der Waals surface area contributed by atoms with Crippen molar-refractivity contribution in [3.63, 3.8) is 0 Å². The Balaban J connectivity index is 4.65. The monoisotopic (exact) mass is 244 g/mol. The molecule has 0 heterocycles. The van der Waals surface area contributed by atoms with E-state index in [-0.39, 0.29) is 12.1 Å². The third-order valence-electron chi connectivity index (χ3n) is 2.43. The van der Waals surface area contributed by atoms with Gasteiger partial charge in [-0.1, -0.05) is 33.1 Å². The summed E-state index contributed by atoms with van der Waals surface area (Å²) < 4.78 is 18.2. The molecule has 0 amide bonds. The molecule has 0 saturated heterocycles. The summed E-state index contributed by atoms with van der Waals surface area (Å²) in [5.74, 6) is 0.167. The third-order valence-corrected chi connectivity index (χ3v) is 4.21. The molecular formula is C10H17N2O3P. The van der Waals surface area contributed by atoms with Gasteiger partial charge in [-0.05, 0) is 12.3 Å². The molecule has 0 bridgehead atoms. The standard InChI is InChI=1S/C10H17N2O3P/c1-3-5-6-10(4-2)7-16(15,11-8-13)12-9-14/h10H,3-7H2,1-2H3. The van der Waals surface area contributed by atoms with Crippen molar-refractivity contribution < 1.29 is 14.2 Å². The largest absolute Gasteiger partial charge is 0.320 e. The first-order chi connectivity index (χ1) is 7.61. The second kappa shape index (κ2) is 8.18. The molecule has 0 radical (unpaired) electrons. The van der Waals surface area contributed by atoms with Crippen LogP contribution in [0.4, 0.5) is 0 Å². The summed E-state index contributed by atoms with van der Waals surface area (Å²) in [5.41, 5.74) is 0. The molecule has 1 unspecified atom stereocenters. The second-order valence-corrected chi connectivity index (χ2v) is 5.74. The van der Waals surface area contributed by atoms with Gasteiger partial charge in [-0.3, -0.25) is 4.57 Å². The lowest BCUT2D eigenvalue weighted by Crippen LogP contribution is -2.04. The summed E-state index contributed by atoms with van der Waals surface area (Å²) in [6.45, 7) is 4.04. The molecule has 0 aliphatic heterocycles. The van der Waals surface area contributed by atoms with Gasteiger partial charge in [0.15, 0.2) is 0 Å². The van der Waals surface area contributed by atoms with Crippen LogP contribution in [0.2, 0.25) is 0 Å². The Hall–Kier alpha value is -1.01. The van der Waals surface area contributed by atoms with Gasteiger partial charge < -0.3 is 0 Å². The van der Waals surface area contributed by atoms with E-state index < -0.39 is 7.44 Å². The van der Waals surface area contributed by atoms with Crippen LogP contribution in [-0.2, 0) is 14.2 Å². The summed E-state index contributed by atoms with van der Waals surface area (Å²) in [6.07, 6.45) is 6.40. The molecule has 0 fully saturated rings. The lowest BCUT2D eigenvalue weighted by molar-refractivity contribution is 0.483. The topological polar surface area (TPSA) is 75.9 Å². The lowest BCUT2D eigenvalue weighted by Gasteiger charge is -2.14. The number of rotatable bonds is 8. The summed E-state index contributed by atoms with van der Waals surface area (Å²) in [4.78, 5) is 20.3. The van der Waals surface area contributed by atoms with Crippen LogP contribution in [0.5, 0.6) is 0 Å². The molecule has 16 heavy (non-hydrogen) atoms. The van der Waals surface area contributed by atoms with Crippen molar-refractivity contribution in [2.75, 3.05) is 6.16 Å². The first-order valence-electron chi connectivity index (χ1n) is 5.39. The van der Waals surface area contributed by atoms with Gasteiger partial charge in [-0.25, -0.2) is 9.59 Å². The van der Waals surface area contributed by atoms with Crippen LogP contribution in [0.1, 0.15) is 39.5 Å². The maximum Gasteiger partial charge on any atom is 0.320 e. The maximum atomic E-state index is 11.9. The minimum Gasteiger partial charge on any atom is -0.271 e. The van der Waals surface area contributed by atoms with Gasteiger partial charge in [0.25, 0.3) is 0 Å². The number of carbonyl (C=O) groups excluding carboxylic acids is 2. The van der Waals surface area contributed by atoms with Gasteiger partial charge >= 0.3 is 7.44 Å². The smallest absolute Gasteiger partial charge is 0.271 e. The Kier molecular flexibility index (Phi) is 7.66. The minimum absolute atomic E-state index is 0.161.